The minimum atomic E-state index is -1.62. The molecule has 1 aliphatic heterocycles. The SMILES string of the molecule is CCCCC/C=C\C/C=C\CCCCCCCCCCCCCCCC(=O)OC1C(OCC(NC(=O)C(O)CCCCCCCC/C=C\C/C=C\CCCCC)C(O)/C=C/CCCCCCCCCCCCC)OC(CO)C(O)C1O. The number of aliphatic hydroxyl groups is 5. The number of amides is 1. The molecule has 1 amide bonds. The molecule has 0 aromatic heterocycles. The molecule has 1 aliphatic rings. The molecule has 0 saturated carbocycles. The average Bonchev–Trinajstić information content (AvgIpc) is 3.53. The highest BCUT2D eigenvalue weighted by Crippen LogP contribution is 2.26. The Balaban J connectivity index is 2.61. The standard InChI is InChI=1S/C70H127NO10/c1-4-7-10-13-16-19-22-25-27-29-30-31-32-33-34-35-37-40-43-46-49-52-55-58-65(75)81-68-67(77)66(76)64(59-72)80-70(68)79-60-61(62(73)56-53-50-47-44-41-38-24-21-18-15-12-9-6-3)71-69(78)63(74)57-54-51-48-45-42-39-36-28-26-23-20-17-14-11-8-5-2/h16-17,19-20,25-28,53,56,61-64,66-68,70,72-74,76-77H,4-15,18,21-24,29-52,54-55,57-60H2,1-3H3,(H,71,78)/b19-16-,20-17-,27-25-,28-26-,56-53+. The van der Waals surface area contributed by atoms with Gasteiger partial charge in [0.05, 0.1) is 25.4 Å². The monoisotopic (exact) mass is 1140 g/mol. The molecule has 472 valence electrons. The first-order chi connectivity index (χ1) is 39.7. The number of hydrogen-bond acceptors (Lipinski definition) is 10. The van der Waals surface area contributed by atoms with Crippen LogP contribution in [0.2, 0.25) is 0 Å². The first-order valence-corrected chi connectivity index (χ1v) is 34.1. The van der Waals surface area contributed by atoms with E-state index in [0.717, 1.165) is 89.9 Å². The third-order valence-electron chi connectivity index (χ3n) is 15.9. The van der Waals surface area contributed by atoms with Crippen LogP contribution in [0.4, 0.5) is 0 Å². The number of unbranched alkanes of at least 4 members (excludes halogenated alkanes) is 36. The smallest absolute Gasteiger partial charge is 0.306 e. The van der Waals surface area contributed by atoms with Crippen molar-refractivity contribution in [3.8, 4) is 0 Å². The second kappa shape index (κ2) is 57.8. The summed E-state index contributed by atoms with van der Waals surface area (Å²) in [4.78, 5) is 26.6. The molecule has 0 radical (unpaired) electrons. The fourth-order valence-electron chi connectivity index (χ4n) is 10.5. The summed E-state index contributed by atoms with van der Waals surface area (Å²) in [6.45, 7) is 5.76. The predicted molar refractivity (Wildman–Crippen MR) is 338 cm³/mol. The zero-order chi connectivity index (χ0) is 58.9. The van der Waals surface area contributed by atoms with Crippen molar-refractivity contribution in [1.29, 1.82) is 0 Å². The van der Waals surface area contributed by atoms with E-state index in [1.54, 1.807) is 6.08 Å². The van der Waals surface area contributed by atoms with E-state index in [0.29, 0.717) is 12.8 Å². The molecule has 8 atom stereocenters. The Bertz CT molecular complexity index is 1550. The highest BCUT2D eigenvalue weighted by molar-refractivity contribution is 5.80. The third kappa shape index (κ3) is 45.4. The van der Waals surface area contributed by atoms with Gasteiger partial charge in [-0.05, 0) is 89.9 Å². The molecule has 11 heteroatoms. The second-order valence-electron chi connectivity index (χ2n) is 23.6. The number of rotatable bonds is 58. The Morgan fingerprint density at radius 2 is 0.852 bits per heavy atom. The van der Waals surface area contributed by atoms with Gasteiger partial charge in [-0.3, -0.25) is 9.59 Å². The van der Waals surface area contributed by atoms with Crippen molar-refractivity contribution in [2.75, 3.05) is 13.2 Å². The number of aliphatic hydroxyl groups excluding tert-OH is 5. The summed E-state index contributed by atoms with van der Waals surface area (Å²) < 4.78 is 17.7. The number of carbonyl (C=O) groups excluding carboxylic acids is 2. The van der Waals surface area contributed by atoms with E-state index in [4.69, 9.17) is 14.2 Å². The molecule has 1 fully saturated rings. The van der Waals surface area contributed by atoms with Crippen molar-refractivity contribution in [1.82, 2.24) is 5.32 Å². The third-order valence-corrected chi connectivity index (χ3v) is 15.9. The van der Waals surface area contributed by atoms with Crippen LogP contribution in [-0.4, -0.2) is 99.6 Å². The van der Waals surface area contributed by atoms with Gasteiger partial charge in [0.1, 0.15) is 24.4 Å². The summed E-state index contributed by atoms with van der Waals surface area (Å²) >= 11 is 0. The van der Waals surface area contributed by atoms with Gasteiger partial charge in [0.15, 0.2) is 12.4 Å². The maximum atomic E-state index is 13.4. The fraction of sp³-hybridized carbons (Fsp3) is 0.829. The normalized spacial score (nSPS) is 19.0. The van der Waals surface area contributed by atoms with Crippen LogP contribution < -0.4 is 5.32 Å². The zero-order valence-electron chi connectivity index (χ0n) is 52.4. The van der Waals surface area contributed by atoms with Crippen molar-refractivity contribution in [2.45, 2.75) is 359 Å². The number of hydrogen-bond donors (Lipinski definition) is 6. The largest absolute Gasteiger partial charge is 0.454 e. The maximum Gasteiger partial charge on any atom is 0.306 e. The average molecular weight is 1140 g/mol. The Morgan fingerprint density at radius 3 is 1.28 bits per heavy atom. The Labute approximate surface area is 497 Å². The highest BCUT2D eigenvalue weighted by Gasteiger charge is 2.47. The molecule has 11 nitrogen and oxygen atoms in total. The van der Waals surface area contributed by atoms with Crippen LogP contribution in [0.25, 0.3) is 0 Å². The van der Waals surface area contributed by atoms with Gasteiger partial charge in [0.25, 0.3) is 0 Å². The maximum absolute atomic E-state index is 13.4. The van der Waals surface area contributed by atoms with Crippen LogP contribution in [0.3, 0.4) is 0 Å². The van der Waals surface area contributed by atoms with Crippen molar-refractivity contribution in [3.63, 3.8) is 0 Å². The lowest BCUT2D eigenvalue weighted by atomic mass is 9.99. The van der Waals surface area contributed by atoms with Gasteiger partial charge in [0, 0.05) is 6.42 Å². The van der Waals surface area contributed by atoms with Gasteiger partial charge in [-0.1, -0.05) is 274 Å². The summed E-state index contributed by atoms with van der Waals surface area (Å²) in [5.41, 5.74) is 0. The van der Waals surface area contributed by atoms with E-state index < -0.39 is 67.4 Å². The van der Waals surface area contributed by atoms with Gasteiger partial charge in [-0.25, -0.2) is 0 Å². The molecule has 6 N–H and O–H groups in total. The number of allylic oxidation sites excluding steroid dienone is 9. The molecule has 0 aromatic rings. The molecular formula is C70H127NO10. The van der Waals surface area contributed by atoms with E-state index in [1.807, 2.05) is 6.08 Å². The van der Waals surface area contributed by atoms with Gasteiger partial charge < -0.3 is 45.1 Å². The first-order valence-electron chi connectivity index (χ1n) is 34.1. The van der Waals surface area contributed by atoms with E-state index >= 15 is 0 Å². The number of esters is 1. The van der Waals surface area contributed by atoms with Crippen molar-refractivity contribution < 1.29 is 49.3 Å². The Hall–Kier alpha value is -2.64. The molecule has 0 bridgehead atoms. The van der Waals surface area contributed by atoms with Crippen LogP contribution in [0, 0.1) is 0 Å². The highest BCUT2D eigenvalue weighted by atomic mass is 16.7. The topological polar surface area (TPSA) is 175 Å². The lowest BCUT2D eigenvalue weighted by Crippen LogP contribution is -2.61. The minimum absolute atomic E-state index is 0.122. The van der Waals surface area contributed by atoms with Crippen molar-refractivity contribution >= 4 is 11.9 Å². The second-order valence-corrected chi connectivity index (χ2v) is 23.6. The molecule has 81 heavy (non-hydrogen) atoms. The number of carbonyl (C=O) groups is 2. The van der Waals surface area contributed by atoms with E-state index in [9.17, 15) is 35.1 Å². The Kier molecular flexibility index (Phi) is 54.5. The molecule has 1 rings (SSSR count). The molecular weight excluding hydrogens is 1010 g/mol. The molecule has 8 unspecified atom stereocenters. The van der Waals surface area contributed by atoms with Crippen LogP contribution >= 0.6 is 0 Å². The quantitative estimate of drug-likeness (QED) is 0.0195. The summed E-state index contributed by atoms with van der Waals surface area (Å²) in [6, 6.07) is -1.03. The van der Waals surface area contributed by atoms with Crippen LogP contribution in [0.15, 0.2) is 60.8 Å². The van der Waals surface area contributed by atoms with E-state index in [-0.39, 0.29) is 19.4 Å². The number of nitrogens with one attached hydrogen (secondary N) is 1. The van der Waals surface area contributed by atoms with Gasteiger partial charge in [0.2, 0.25) is 5.91 Å². The lowest BCUT2D eigenvalue weighted by Gasteiger charge is -2.41. The first kappa shape index (κ1) is 76.4. The van der Waals surface area contributed by atoms with E-state index in [1.165, 1.54) is 173 Å². The summed E-state index contributed by atoms with van der Waals surface area (Å²) in [7, 11) is 0. The molecule has 0 spiro atoms. The van der Waals surface area contributed by atoms with E-state index in [2.05, 4.69) is 74.7 Å². The zero-order valence-corrected chi connectivity index (χ0v) is 52.4. The molecule has 0 aromatic carbocycles. The van der Waals surface area contributed by atoms with Gasteiger partial charge in [-0.15, -0.1) is 0 Å². The summed E-state index contributed by atoms with van der Waals surface area (Å²) in [6.07, 6.45) is 62.5. The Morgan fingerprint density at radius 1 is 0.481 bits per heavy atom. The molecule has 0 aliphatic carbocycles. The van der Waals surface area contributed by atoms with Crippen LogP contribution in [0.1, 0.15) is 310 Å². The van der Waals surface area contributed by atoms with Crippen molar-refractivity contribution in [2.24, 2.45) is 0 Å². The van der Waals surface area contributed by atoms with Crippen LogP contribution in [-0.2, 0) is 23.8 Å². The predicted octanol–water partition coefficient (Wildman–Crippen LogP) is 17.0. The van der Waals surface area contributed by atoms with Gasteiger partial charge in [-0.2, -0.15) is 0 Å². The molecule has 1 heterocycles. The fourth-order valence-corrected chi connectivity index (χ4v) is 10.5. The lowest BCUT2D eigenvalue weighted by molar-refractivity contribution is -0.305. The number of ether oxygens (including phenoxy) is 3. The van der Waals surface area contributed by atoms with Gasteiger partial charge >= 0.3 is 5.97 Å². The van der Waals surface area contributed by atoms with Crippen LogP contribution in [0.5, 0.6) is 0 Å². The molecule has 1 saturated heterocycles. The summed E-state index contributed by atoms with van der Waals surface area (Å²) in [5.74, 6) is -1.20. The van der Waals surface area contributed by atoms with Crippen molar-refractivity contribution in [3.05, 3.63) is 60.8 Å². The minimum Gasteiger partial charge on any atom is -0.454 e. The summed E-state index contributed by atoms with van der Waals surface area (Å²) in [5, 5.41) is 57.1.